The number of benzene rings is 1. The van der Waals surface area contributed by atoms with E-state index in [4.69, 9.17) is 0 Å². The van der Waals surface area contributed by atoms with Crippen molar-refractivity contribution in [2.75, 3.05) is 50.9 Å². The Bertz CT molecular complexity index is 890. The first-order valence-electron chi connectivity index (χ1n) is 11.3. The molecule has 0 aliphatic carbocycles. The Hall–Kier alpha value is -3.48. The summed E-state index contributed by atoms with van der Waals surface area (Å²) < 4.78 is 13.1. The first kappa shape index (κ1) is 30.5. The van der Waals surface area contributed by atoms with Crippen LogP contribution in [0.2, 0.25) is 0 Å². The maximum Gasteiger partial charge on any atom is 0.233 e. The molecule has 2 aromatic rings. The first-order valence-corrected chi connectivity index (χ1v) is 11.3. The molecule has 0 spiro atoms. The maximum atomic E-state index is 13.1. The van der Waals surface area contributed by atoms with Gasteiger partial charge in [0.1, 0.15) is 11.6 Å². The summed E-state index contributed by atoms with van der Waals surface area (Å²) in [5.74, 6) is 6.88. The molecule has 2 rings (SSSR count). The van der Waals surface area contributed by atoms with Crippen LogP contribution in [0.3, 0.4) is 0 Å². The highest BCUT2D eigenvalue weighted by molar-refractivity contribution is 5.77. The molecule has 0 unspecified atom stereocenters. The highest BCUT2D eigenvalue weighted by Gasteiger charge is 2.06. The SMILES string of the molecule is C=C.CC.CNCCNc1nc(Nc2ccc(F)cc2)ncc1C#CCCCNC(=O)CNC.[HH].[HH]. The second-order valence-corrected chi connectivity index (χ2v) is 6.40. The van der Waals surface area contributed by atoms with E-state index in [-0.39, 0.29) is 14.6 Å². The zero-order chi connectivity index (χ0) is 25.6. The number of halogens is 1. The van der Waals surface area contributed by atoms with E-state index in [1.807, 2.05) is 20.9 Å². The van der Waals surface area contributed by atoms with Crippen LogP contribution in [0.25, 0.3) is 0 Å². The summed E-state index contributed by atoms with van der Waals surface area (Å²) in [4.78, 5) is 20.2. The average Bonchev–Trinajstić information content (AvgIpc) is 2.86. The summed E-state index contributed by atoms with van der Waals surface area (Å²) in [6.45, 7) is 12.3. The number of likely N-dealkylation sites (N-methyl/N-ethyl adjacent to an activating group) is 2. The lowest BCUT2D eigenvalue weighted by Gasteiger charge is -2.10. The van der Waals surface area contributed by atoms with Gasteiger partial charge in [0, 0.05) is 34.6 Å². The third-order valence-corrected chi connectivity index (χ3v) is 3.92. The Labute approximate surface area is 206 Å². The molecule has 0 atom stereocenters. The number of hydrogen-bond acceptors (Lipinski definition) is 7. The number of carbonyl (C=O) groups is 1. The van der Waals surface area contributed by atoms with Crippen molar-refractivity contribution in [1.29, 1.82) is 0 Å². The smallest absolute Gasteiger partial charge is 0.233 e. The predicted molar refractivity (Wildman–Crippen MR) is 144 cm³/mol. The van der Waals surface area contributed by atoms with E-state index in [0.29, 0.717) is 49.1 Å². The number of nitrogens with one attached hydrogen (secondary N) is 5. The molecule has 190 valence electrons. The summed E-state index contributed by atoms with van der Waals surface area (Å²) in [7, 11) is 3.61. The molecular weight excluding hydrogens is 433 g/mol. The molecule has 9 heteroatoms. The number of nitrogens with zero attached hydrogens (tertiary/aromatic N) is 2. The van der Waals surface area contributed by atoms with Crippen LogP contribution < -0.4 is 26.6 Å². The molecule has 0 aliphatic heterocycles. The number of amides is 1. The van der Waals surface area contributed by atoms with Gasteiger partial charge in [-0.3, -0.25) is 4.79 Å². The van der Waals surface area contributed by atoms with Gasteiger partial charge in [0.15, 0.2) is 0 Å². The number of rotatable bonds is 11. The maximum absolute atomic E-state index is 13.1. The van der Waals surface area contributed by atoms with E-state index < -0.39 is 0 Å². The zero-order valence-corrected chi connectivity index (χ0v) is 20.7. The van der Waals surface area contributed by atoms with E-state index >= 15 is 0 Å². The lowest BCUT2D eigenvalue weighted by Crippen LogP contribution is -2.32. The number of aromatic nitrogens is 2. The largest absolute Gasteiger partial charge is 0.368 e. The third-order valence-electron chi connectivity index (χ3n) is 3.92. The Morgan fingerprint density at radius 1 is 1.09 bits per heavy atom. The molecule has 5 N–H and O–H groups in total. The number of unbranched alkanes of at least 4 members (excludes halogenated alkanes) is 1. The van der Waals surface area contributed by atoms with Gasteiger partial charge in [-0.2, -0.15) is 4.98 Å². The Balaban J connectivity index is -0.00000172. The molecule has 0 radical (unpaired) electrons. The van der Waals surface area contributed by atoms with Crippen molar-refractivity contribution < 1.29 is 12.0 Å². The van der Waals surface area contributed by atoms with Crippen LogP contribution in [-0.4, -0.2) is 56.1 Å². The summed E-state index contributed by atoms with van der Waals surface area (Å²) >= 11 is 0. The van der Waals surface area contributed by atoms with E-state index in [1.165, 1.54) is 12.1 Å². The molecule has 1 heterocycles. The van der Waals surface area contributed by atoms with Gasteiger partial charge in [-0.15, -0.1) is 13.2 Å². The lowest BCUT2D eigenvalue weighted by atomic mass is 10.2. The molecule has 34 heavy (non-hydrogen) atoms. The van der Waals surface area contributed by atoms with Crippen molar-refractivity contribution in [3.05, 3.63) is 55.0 Å². The molecule has 8 nitrogen and oxygen atoms in total. The van der Waals surface area contributed by atoms with Gasteiger partial charge in [0.05, 0.1) is 18.3 Å². The highest BCUT2D eigenvalue weighted by Crippen LogP contribution is 2.17. The monoisotopic (exact) mass is 475 g/mol. The van der Waals surface area contributed by atoms with E-state index in [0.717, 1.165) is 13.0 Å². The highest BCUT2D eigenvalue weighted by atomic mass is 19.1. The van der Waals surface area contributed by atoms with Crippen molar-refractivity contribution >= 4 is 23.4 Å². The van der Waals surface area contributed by atoms with Crippen LogP contribution in [0.5, 0.6) is 0 Å². The Kier molecular flexibility index (Phi) is 18.1. The van der Waals surface area contributed by atoms with Gasteiger partial charge >= 0.3 is 0 Å². The predicted octanol–water partition coefficient (Wildman–Crippen LogP) is 3.78. The van der Waals surface area contributed by atoms with Crippen molar-refractivity contribution in [3.8, 4) is 11.8 Å². The second-order valence-electron chi connectivity index (χ2n) is 6.40. The van der Waals surface area contributed by atoms with Crippen LogP contribution >= 0.6 is 0 Å². The van der Waals surface area contributed by atoms with Gasteiger partial charge in [0.25, 0.3) is 0 Å². The minimum absolute atomic E-state index is 0. The number of anilines is 3. The van der Waals surface area contributed by atoms with Crippen LogP contribution in [0.15, 0.2) is 43.6 Å². The molecular formula is C25H42FN7O. The molecule has 0 saturated carbocycles. The number of carbonyl (C=O) groups excluding carboxylic acids is 1. The van der Waals surface area contributed by atoms with Crippen LogP contribution in [0.4, 0.5) is 21.8 Å². The van der Waals surface area contributed by atoms with Gasteiger partial charge in [-0.1, -0.05) is 25.7 Å². The van der Waals surface area contributed by atoms with Crippen molar-refractivity contribution in [2.45, 2.75) is 26.7 Å². The van der Waals surface area contributed by atoms with Gasteiger partial charge in [0.2, 0.25) is 11.9 Å². The Morgan fingerprint density at radius 3 is 2.44 bits per heavy atom. The van der Waals surface area contributed by atoms with Gasteiger partial charge in [-0.25, -0.2) is 9.37 Å². The fourth-order valence-electron chi connectivity index (χ4n) is 2.42. The molecule has 1 aromatic carbocycles. The molecule has 1 aromatic heterocycles. The molecule has 0 bridgehead atoms. The quantitative estimate of drug-likeness (QED) is 0.191. The van der Waals surface area contributed by atoms with E-state index in [9.17, 15) is 9.18 Å². The summed E-state index contributed by atoms with van der Waals surface area (Å²) in [6.07, 6.45) is 3.06. The fourth-order valence-corrected chi connectivity index (χ4v) is 2.42. The zero-order valence-electron chi connectivity index (χ0n) is 20.7. The van der Waals surface area contributed by atoms with Crippen LogP contribution in [0.1, 0.15) is 35.1 Å². The summed E-state index contributed by atoms with van der Waals surface area (Å²) in [5.41, 5.74) is 1.38. The van der Waals surface area contributed by atoms with Gasteiger partial charge < -0.3 is 26.6 Å². The third kappa shape index (κ3) is 13.2. The molecule has 0 aliphatic rings. The normalized spacial score (nSPS) is 9.21. The molecule has 0 saturated heterocycles. The van der Waals surface area contributed by atoms with Crippen LogP contribution in [-0.2, 0) is 4.79 Å². The first-order chi connectivity index (χ1) is 16.6. The van der Waals surface area contributed by atoms with Gasteiger partial charge in [-0.05, 0) is 44.8 Å². The molecule has 1 amide bonds. The van der Waals surface area contributed by atoms with Crippen LogP contribution in [0, 0.1) is 17.7 Å². The molecule has 0 fully saturated rings. The summed E-state index contributed by atoms with van der Waals surface area (Å²) in [5, 5.41) is 15.0. The lowest BCUT2D eigenvalue weighted by molar-refractivity contribution is -0.120. The minimum Gasteiger partial charge on any atom is -0.368 e. The number of hydrogen-bond donors (Lipinski definition) is 5. The summed E-state index contributed by atoms with van der Waals surface area (Å²) in [6, 6.07) is 5.98. The van der Waals surface area contributed by atoms with E-state index in [1.54, 1.807) is 25.4 Å². The fraction of sp³-hybridized carbons (Fsp3) is 0.400. The Morgan fingerprint density at radius 2 is 1.79 bits per heavy atom. The van der Waals surface area contributed by atoms with Crippen molar-refractivity contribution in [3.63, 3.8) is 0 Å². The van der Waals surface area contributed by atoms with Crippen molar-refractivity contribution in [1.82, 2.24) is 25.9 Å². The minimum atomic E-state index is -0.303. The second kappa shape index (κ2) is 20.1. The standard InChI is InChI=1S/C21H28FN7O.C2H6.C2H4.2H2/c1-23-12-13-26-20-16(6-4-3-5-11-25-19(30)15-24-2)14-27-21(29-20)28-18-9-7-17(22)8-10-18;2*1-2;;/h7-10,14,23-24H,3,5,11-13,15H2,1-2H3,(H,25,30)(H2,26,27,28,29);1-2H3;1-2H2;2*1H. The van der Waals surface area contributed by atoms with E-state index in [2.05, 4.69) is 61.6 Å². The van der Waals surface area contributed by atoms with Crippen molar-refractivity contribution in [2.24, 2.45) is 0 Å². The topological polar surface area (TPSA) is 103 Å². The average molecular weight is 476 g/mol.